The molecule has 5 nitrogen and oxygen atoms in total. The molecule has 2 rings (SSSR count). The van der Waals surface area contributed by atoms with Crippen molar-refractivity contribution in [2.24, 2.45) is 5.92 Å². The zero-order chi connectivity index (χ0) is 14.4. The molecule has 5 heteroatoms. The molecule has 0 unspecified atom stereocenters. The highest BCUT2D eigenvalue weighted by molar-refractivity contribution is 5.39. The third-order valence-electron chi connectivity index (χ3n) is 3.35. The minimum atomic E-state index is 0.623. The lowest BCUT2D eigenvalue weighted by molar-refractivity contribution is 0.204. The minimum Gasteiger partial charge on any atom is -0.383 e. The maximum absolute atomic E-state index is 5.19. The van der Waals surface area contributed by atoms with Gasteiger partial charge < -0.3 is 15.0 Å². The Kier molecular flexibility index (Phi) is 5.73. The van der Waals surface area contributed by atoms with E-state index in [4.69, 9.17) is 9.72 Å². The second kappa shape index (κ2) is 7.55. The average Bonchev–Trinajstić information content (AvgIpc) is 3.24. The lowest BCUT2D eigenvalue weighted by Gasteiger charge is -2.23. The molecular formula is C15H26N4O. The lowest BCUT2D eigenvalue weighted by Crippen LogP contribution is -2.31. The van der Waals surface area contributed by atoms with Crippen LogP contribution in [-0.4, -0.2) is 42.8 Å². The summed E-state index contributed by atoms with van der Waals surface area (Å²) >= 11 is 0. The predicted octanol–water partition coefficient (Wildman–Crippen LogP) is 1.84. The normalized spacial score (nSPS) is 14.8. The minimum absolute atomic E-state index is 0.623. The van der Waals surface area contributed by atoms with Crippen molar-refractivity contribution in [2.45, 2.75) is 39.3 Å². The maximum Gasteiger partial charge on any atom is 0.147 e. The smallest absolute Gasteiger partial charge is 0.147 e. The second-order valence-electron chi connectivity index (χ2n) is 5.81. The van der Waals surface area contributed by atoms with Crippen LogP contribution in [0.4, 0.5) is 5.82 Å². The number of anilines is 1. The molecule has 0 amide bonds. The molecule has 0 bridgehead atoms. The number of ether oxygens (including phenoxy) is 1. The fourth-order valence-corrected chi connectivity index (χ4v) is 2.17. The van der Waals surface area contributed by atoms with Crippen molar-refractivity contribution < 1.29 is 4.74 Å². The van der Waals surface area contributed by atoms with E-state index in [9.17, 15) is 0 Å². The molecule has 0 spiro atoms. The van der Waals surface area contributed by atoms with Crippen LogP contribution >= 0.6 is 0 Å². The van der Waals surface area contributed by atoms with E-state index < -0.39 is 0 Å². The molecule has 20 heavy (non-hydrogen) atoms. The summed E-state index contributed by atoms with van der Waals surface area (Å²) in [6.45, 7) is 7.81. The van der Waals surface area contributed by atoms with Gasteiger partial charge in [-0.05, 0) is 25.3 Å². The van der Waals surface area contributed by atoms with Crippen LogP contribution in [0.2, 0.25) is 0 Å². The van der Waals surface area contributed by atoms with Gasteiger partial charge in [0.15, 0.2) is 0 Å². The van der Waals surface area contributed by atoms with Crippen molar-refractivity contribution in [3.8, 4) is 0 Å². The SMILES string of the molecule is COCCN(c1cncc(CNCC(C)C)n1)C1CC1. The summed E-state index contributed by atoms with van der Waals surface area (Å²) in [7, 11) is 1.74. The van der Waals surface area contributed by atoms with Crippen molar-refractivity contribution in [3.05, 3.63) is 18.1 Å². The highest BCUT2D eigenvalue weighted by Gasteiger charge is 2.29. The Balaban J connectivity index is 1.95. The molecule has 1 aliphatic rings. The maximum atomic E-state index is 5.19. The number of aromatic nitrogens is 2. The fraction of sp³-hybridized carbons (Fsp3) is 0.733. The molecule has 0 saturated heterocycles. The summed E-state index contributed by atoms with van der Waals surface area (Å²) in [5, 5.41) is 3.41. The van der Waals surface area contributed by atoms with Crippen molar-refractivity contribution >= 4 is 5.82 Å². The fourth-order valence-electron chi connectivity index (χ4n) is 2.17. The van der Waals surface area contributed by atoms with E-state index in [1.807, 2.05) is 12.4 Å². The van der Waals surface area contributed by atoms with Crippen LogP contribution in [0.15, 0.2) is 12.4 Å². The Bertz CT molecular complexity index is 407. The molecule has 0 aromatic carbocycles. The molecule has 1 aliphatic carbocycles. The van der Waals surface area contributed by atoms with Crippen molar-refractivity contribution in [1.82, 2.24) is 15.3 Å². The molecule has 1 heterocycles. The number of nitrogens with zero attached hydrogens (tertiary/aromatic N) is 3. The standard InChI is InChI=1S/C15H26N4O/c1-12(2)8-16-9-13-10-17-11-15(18-13)19(6-7-20-3)14-4-5-14/h10-12,14,16H,4-9H2,1-3H3. The first kappa shape index (κ1) is 15.2. The van der Waals surface area contributed by atoms with Crippen LogP contribution in [0.1, 0.15) is 32.4 Å². The van der Waals surface area contributed by atoms with Crippen molar-refractivity contribution in [3.63, 3.8) is 0 Å². The van der Waals surface area contributed by atoms with Gasteiger partial charge in [0.1, 0.15) is 5.82 Å². The second-order valence-corrected chi connectivity index (χ2v) is 5.81. The van der Waals surface area contributed by atoms with Crippen LogP contribution in [-0.2, 0) is 11.3 Å². The summed E-state index contributed by atoms with van der Waals surface area (Å²) in [6.07, 6.45) is 6.21. The number of hydrogen-bond acceptors (Lipinski definition) is 5. The van der Waals surface area contributed by atoms with Crippen molar-refractivity contribution in [1.29, 1.82) is 0 Å². The van der Waals surface area contributed by atoms with Gasteiger partial charge in [0.2, 0.25) is 0 Å². The Hall–Kier alpha value is -1.20. The molecule has 0 radical (unpaired) electrons. The molecular weight excluding hydrogens is 252 g/mol. The van der Waals surface area contributed by atoms with Gasteiger partial charge in [-0.15, -0.1) is 0 Å². The molecule has 112 valence electrons. The van der Waals surface area contributed by atoms with Gasteiger partial charge in [-0.1, -0.05) is 13.8 Å². The van der Waals surface area contributed by atoms with Gasteiger partial charge in [0.25, 0.3) is 0 Å². The summed E-state index contributed by atoms with van der Waals surface area (Å²) < 4.78 is 5.19. The van der Waals surface area contributed by atoms with Gasteiger partial charge in [-0.3, -0.25) is 4.98 Å². The van der Waals surface area contributed by atoms with Crippen molar-refractivity contribution in [2.75, 3.05) is 31.7 Å². The Labute approximate surface area is 121 Å². The van der Waals surface area contributed by atoms with E-state index in [2.05, 4.69) is 29.0 Å². The number of hydrogen-bond donors (Lipinski definition) is 1. The van der Waals surface area contributed by atoms with Gasteiger partial charge in [-0.2, -0.15) is 0 Å². The Morgan fingerprint density at radius 2 is 2.20 bits per heavy atom. The molecule has 1 saturated carbocycles. The Morgan fingerprint density at radius 3 is 2.85 bits per heavy atom. The molecule has 1 fully saturated rings. The van der Waals surface area contributed by atoms with E-state index in [0.717, 1.165) is 37.8 Å². The first-order chi connectivity index (χ1) is 9.70. The van der Waals surface area contributed by atoms with Crippen LogP contribution < -0.4 is 10.2 Å². The topological polar surface area (TPSA) is 50.3 Å². The van der Waals surface area contributed by atoms with E-state index >= 15 is 0 Å². The van der Waals surface area contributed by atoms with Crippen LogP contribution in [0.25, 0.3) is 0 Å². The zero-order valence-corrected chi connectivity index (χ0v) is 12.8. The average molecular weight is 278 g/mol. The summed E-state index contributed by atoms with van der Waals surface area (Å²) in [5.41, 5.74) is 1.01. The number of nitrogens with one attached hydrogen (secondary N) is 1. The molecule has 1 aromatic rings. The van der Waals surface area contributed by atoms with Gasteiger partial charge >= 0.3 is 0 Å². The molecule has 0 aliphatic heterocycles. The van der Waals surface area contributed by atoms with Crippen LogP contribution in [0, 0.1) is 5.92 Å². The first-order valence-electron chi connectivity index (χ1n) is 7.48. The third kappa shape index (κ3) is 4.72. The number of rotatable bonds is 9. The van der Waals surface area contributed by atoms with Crippen LogP contribution in [0.5, 0.6) is 0 Å². The van der Waals surface area contributed by atoms with Gasteiger partial charge in [-0.25, -0.2) is 4.98 Å². The quantitative estimate of drug-likeness (QED) is 0.747. The zero-order valence-electron chi connectivity index (χ0n) is 12.8. The third-order valence-corrected chi connectivity index (χ3v) is 3.35. The highest BCUT2D eigenvalue weighted by Crippen LogP contribution is 2.30. The summed E-state index contributed by atoms with van der Waals surface area (Å²) in [5.74, 6) is 1.63. The monoisotopic (exact) mass is 278 g/mol. The largest absolute Gasteiger partial charge is 0.383 e. The summed E-state index contributed by atoms with van der Waals surface area (Å²) in [6, 6.07) is 0.623. The van der Waals surface area contributed by atoms with E-state index in [0.29, 0.717) is 12.0 Å². The van der Waals surface area contributed by atoms with E-state index in [-0.39, 0.29) is 0 Å². The number of methoxy groups -OCH3 is 1. The molecule has 0 atom stereocenters. The predicted molar refractivity (Wildman–Crippen MR) is 80.8 cm³/mol. The van der Waals surface area contributed by atoms with E-state index in [1.165, 1.54) is 12.8 Å². The van der Waals surface area contributed by atoms with Gasteiger partial charge in [0, 0.05) is 32.4 Å². The van der Waals surface area contributed by atoms with Gasteiger partial charge in [0.05, 0.1) is 18.5 Å². The first-order valence-corrected chi connectivity index (χ1v) is 7.48. The highest BCUT2D eigenvalue weighted by atomic mass is 16.5. The van der Waals surface area contributed by atoms with E-state index in [1.54, 1.807) is 7.11 Å². The summed E-state index contributed by atoms with van der Waals surface area (Å²) in [4.78, 5) is 11.4. The molecule has 1 aromatic heterocycles. The Morgan fingerprint density at radius 1 is 1.40 bits per heavy atom. The molecule has 1 N–H and O–H groups in total. The van der Waals surface area contributed by atoms with Crippen LogP contribution in [0.3, 0.4) is 0 Å². The lowest BCUT2D eigenvalue weighted by atomic mass is 10.2.